The number of guanidine groups is 1. The van der Waals surface area contributed by atoms with Crippen LogP contribution in [0.15, 0.2) is 10.1 Å². The van der Waals surface area contributed by atoms with Crippen LogP contribution < -0.4 is 11.5 Å². The van der Waals surface area contributed by atoms with Crippen LogP contribution in [-0.4, -0.2) is 23.9 Å². The van der Waals surface area contributed by atoms with E-state index in [9.17, 15) is 0 Å². The molecule has 0 bridgehead atoms. The summed E-state index contributed by atoms with van der Waals surface area (Å²) in [5.74, 6) is 0.0568. The fourth-order valence-electron chi connectivity index (χ4n) is 0.309. The van der Waals surface area contributed by atoms with Gasteiger partial charge in [-0.05, 0) is 0 Å². The van der Waals surface area contributed by atoms with Gasteiger partial charge >= 0.3 is 0 Å². The molecule has 0 rings (SSSR count). The number of oxime groups is 1. The van der Waals surface area contributed by atoms with Gasteiger partial charge in [0.05, 0.1) is 0 Å². The monoisotopic (exact) mass is 130 g/mol. The van der Waals surface area contributed by atoms with E-state index in [2.05, 4.69) is 10.1 Å². The van der Waals surface area contributed by atoms with Crippen LogP contribution in [0.4, 0.5) is 0 Å². The first-order chi connectivity index (χ1) is 4.27. The summed E-state index contributed by atoms with van der Waals surface area (Å²) in [4.78, 5) is 3.63. The second-order valence-corrected chi connectivity index (χ2v) is 1.39. The Morgan fingerprint density at radius 3 is 2.67 bits per heavy atom. The molecule has 0 amide bonds. The Kier molecular flexibility index (Phi) is 4.20. The molecular weight excluding hydrogens is 120 g/mol. The molecule has 52 valence electrons. The summed E-state index contributed by atoms with van der Waals surface area (Å²) < 4.78 is 0. The van der Waals surface area contributed by atoms with Crippen LogP contribution in [0.3, 0.4) is 0 Å². The van der Waals surface area contributed by atoms with Crippen molar-refractivity contribution >= 4 is 12.2 Å². The molecule has 0 saturated carbocycles. The van der Waals surface area contributed by atoms with Crippen molar-refractivity contribution in [1.82, 2.24) is 0 Å². The number of aliphatic imine (C=N–C) groups is 1. The van der Waals surface area contributed by atoms with E-state index < -0.39 is 0 Å². The van der Waals surface area contributed by atoms with Gasteiger partial charge in [-0.15, -0.1) is 5.16 Å². The molecule has 0 aromatic carbocycles. The molecule has 0 saturated heterocycles. The Balaban J connectivity index is 3.20. The predicted octanol–water partition coefficient (Wildman–Crippen LogP) is -0.890. The highest BCUT2D eigenvalue weighted by Gasteiger charge is 1.78. The second-order valence-electron chi connectivity index (χ2n) is 1.39. The van der Waals surface area contributed by atoms with Gasteiger partial charge in [-0.25, -0.2) is 0 Å². The summed E-state index contributed by atoms with van der Waals surface area (Å²) in [6.07, 6.45) is 1.88. The zero-order valence-electron chi connectivity index (χ0n) is 4.99. The number of rotatable bonds is 3. The lowest BCUT2D eigenvalue weighted by Crippen LogP contribution is -2.22. The van der Waals surface area contributed by atoms with Crippen LogP contribution >= 0.6 is 0 Å². The number of nitrogens with two attached hydrogens (primary N) is 2. The van der Waals surface area contributed by atoms with E-state index in [1.54, 1.807) is 0 Å². The van der Waals surface area contributed by atoms with Crippen molar-refractivity contribution in [2.45, 2.75) is 6.42 Å². The lowest BCUT2D eigenvalue weighted by Gasteiger charge is -1.87. The lowest BCUT2D eigenvalue weighted by molar-refractivity contribution is 0.320. The van der Waals surface area contributed by atoms with Crippen molar-refractivity contribution in [3.63, 3.8) is 0 Å². The molecule has 0 heterocycles. The topological polar surface area (TPSA) is 97.0 Å². The van der Waals surface area contributed by atoms with Crippen molar-refractivity contribution in [2.24, 2.45) is 21.6 Å². The van der Waals surface area contributed by atoms with E-state index >= 15 is 0 Å². The van der Waals surface area contributed by atoms with Gasteiger partial charge in [0.25, 0.3) is 0 Å². The van der Waals surface area contributed by atoms with Gasteiger partial charge in [-0.1, -0.05) is 0 Å². The molecule has 0 spiro atoms. The molecule has 5 heteroatoms. The highest BCUT2D eigenvalue weighted by Crippen LogP contribution is 1.73. The highest BCUT2D eigenvalue weighted by atomic mass is 16.4. The number of hydrogen-bond acceptors (Lipinski definition) is 3. The van der Waals surface area contributed by atoms with Crippen LogP contribution in [0.1, 0.15) is 6.42 Å². The van der Waals surface area contributed by atoms with Crippen molar-refractivity contribution in [3.8, 4) is 0 Å². The first-order valence-electron chi connectivity index (χ1n) is 2.48. The van der Waals surface area contributed by atoms with Crippen LogP contribution in [0, 0.1) is 0 Å². The quantitative estimate of drug-likeness (QED) is 0.152. The van der Waals surface area contributed by atoms with E-state index in [0.717, 1.165) is 0 Å². The maximum Gasteiger partial charge on any atom is 0.185 e. The molecule has 0 aromatic heterocycles. The molecule has 0 atom stereocenters. The molecule has 9 heavy (non-hydrogen) atoms. The van der Waals surface area contributed by atoms with Gasteiger partial charge in [0, 0.05) is 19.2 Å². The number of nitrogens with zero attached hydrogens (tertiary/aromatic N) is 2. The Morgan fingerprint density at radius 2 is 2.22 bits per heavy atom. The fraction of sp³-hybridized carbons (Fsp3) is 0.500. The molecule has 5 nitrogen and oxygen atoms in total. The van der Waals surface area contributed by atoms with E-state index in [1.807, 2.05) is 0 Å². The third-order valence-corrected chi connectivity index (χ3v) is 0.634. The van der Waals surface area contributed by atoms with E-state index in [-0.39, 0.29) is 5.96 Å². The first-order valence-corrected chi connectivity index (χ1v) is 2.48. The summed E-state index contributed by atoms with van der Waals surface area (Å²) in [5.41, 5.74) is 9.99. The smallest absolute Gasteiger partial charge is 0.185 e. The molecule has 0 aliphatic carbocycles. The Labute approximate surface area is 53.1 Å². The average Bonchev–Trinajstić information content (AvgIpc) is 1.80. The molecule has 5 N–H and O–H groups in total. The zero-order chi connectivity index (χ0) is 7.11. The Bertz CT molecular complexity index is 116. The van der Waals surface area contributed by atoms with Gasteiger partial charge in [0.1, 0.15) is 0 Å². The molecule has 0 fully saturated rings. The molecule has 0 aliphatic rings. The van der Waals surface area contributed by atoms with E-state index in [1.165, 1.54) is 6.21 Å². The zero-order valence-corrected chi connectivity index (χ0v) is 4.99. The molecule has 0 unspecified atom stereocenters. The lowest BCUT2D eigenvalue weighted by atomic mass is 10.5. The maximum atomic E-state index is 7.89. The average molecular weight is 130 g/mol. The van der Waals surface area contributed by atoms with Crippen molar-refractivity contribution in [3.05, 3.63) is 0 Å². The van der Waals surface area contributed by atoms with Gasteiger partial charge in [0.15, 0.2) is 5.96 Å². The second kappa shape index (κ2) is 4.89. The van der Waals surface area contributed by atoms with Crippen LogP contribution in [0.2, 0.25) is 0 Å². The summed E-state index contributed by atoms with van der Waals surface area (Å²) in [6, 6.07) is 0. The third-order valence-electron chi connectivity index (χ3n) is 0.634. The van der Waals surface area contributed by atoms with Crippen LogP contribution in [0.5, 0.6) is 0 Å². The molecule has 0 aliphatic heterocycles. The van der Waals surface area contributed by atoms with Crippen molar-refractivity contribution in [1.29, 1.82) is 0 Å². The predicted molar refractivity (Wildman–Crippen MR) is 35.6 cm³/mol. The summed E-state index contributed by atoms with van der Waals surface area (Å²) in [7, 11) is 0. The summed E-state index contributed by atoms with van der Waals surface area (Å²) in [6.45, 7) is 0.465. The maximum absolute atomic E-state index is 7.89. The van der Waals surface area contributed by atoms with E-state index in [0.29, 0.717) is 13.0 Å². The van der Waals surface area contributed by atoms with Crippen LogP contribution in [-0.2, 0) is 0 Å². The summed E-state index contributed by atoms with van der Waals surface area (Å²) >= 11 is 0. The van der Waals surface area contributed by atoms with Gasteiger partial charge < -0.3 is 16.7 Å². The largest absolute Gasteiger partial charge is 0.411 e. The van der Waals surface area contributed by atoms with Crippen LogP contribution in [0.25, 0.3) is 0 Å². The van der Waals surface area contributed by atoms with Gasteiger partial charge in [-0.2, -0.15) is 0 Å². The normalized spacial score (nSPS) is 9.78. The molecular formula is C4H10N4O. The fourth-order valence-corrected chi connectivity index (χ4v) is 0.309. The van der Waals surface area contributed by atoms with Gasteiger partial charge in [-0.3, -0.25) is 4.99 Å². The third kappa shape index (κ3) is 6.74. The highest BCUT2D eigenvalue weighted by molar-refractivity contribution is 5.75. The molecule has 0 aromatic rings. The Hall–Kier alpha value is -1.26. The SMILES string of the molecule is NC(N)=NCC/C=N/O. The number of hydrogen-bond donors (Lipinski definition) is 3. The minimum Gasteiger partial charge on any atom is -0.411 e. The van der Waals surface area contributed by atoms with Crippen molar-refractivity contribution in [2.75, 3.05) is 6.54 Å². The van der Waals surface area contributed by atoms with E-state index in [4.69, 9.17) is 16.7 Å². The molecule has 0 radical (unpaired) electrons. The standard InChI is InChI=1S/C4H10N4O/c5-4(6)7-2-1-3-8-9/h3,9H,1-2H2,(H4,5,6,7)/b8-3+. The minimum atomic E-state index is 0.0568. The minimum absolute atomic E-state index is 0.0568. The summed E-state index contributed by atoms with van der Waals surface area (Å²) in [5, 5.41) is 10.6. The van der Waals surface area contributed by atoms with Crippen molar-refractivity contribution < 1.29 is 5.21 Å². The Morgan fingerprint density at radius 1 is 1.56 bits per heavy atom. The first kappa shape index (κ1) is 7.74. The van der Waals surface area contributed by atoms with Gasteiger partial charge in [0.2, 0.25) is 0 Å².